The number of hydrogen-bond acceptors (Lipinski definition) is 4. The number of benzene rings is 1. The second-order valence-electron chi connectivity index (χ2n) is 8.58. The minimum absolute atomic E-state index is 0.0290. The van der Waals surface area contributed by atoms with Gasteiger partial charge >= 0.3 is 10.2 Å². The van der Waals surface area contributed by atoms with Crippen molar-refractivity contribution in [3.05, 3.63) is 58.3 Å². The smallest absolute Gasteiger partial charge is 0.310 e. The number of halogens is 5. The summed E-state index contributed by atoms with van der Waals surface area (Å²) in [6, 6.07) is 3.85. The molecule has 1 aromatic carbocycles. The molecule has 1 fully saturated rings. The number of anilines is 1. The highest BCUT2D eigenvalue weighted by molar-refractivity contribution is 8.45. The number of nitrogens with one attached hydrogen (secondary N) is 1. The van der Waals surface area contributed by atoms with Gasteiger partial charge in [0.25, 0.3) is 5.56 Å². The molecule has 0 radical (unpaired) electrons. The fourth-order valence-corrected chi connectivity index (χ4v) is 4.72. The number of hydrogen-bond donors (Lipinski definition) is 1. The van der Waals surface area contributed by atoms with E-state index in [1.807, 2.05) is 0 Å². The van der Waals surface area contributed by atoms with Crippen LogP contribution in [0, 0.1) is 12.8 Å². The molecule has 174 valence electrons. The Morgan fingerprint density at radius 1 is 1.12 bits per heavy atom. The topological polar surface area (TPSA) is 59.8 Å². The molecule has 1 aliphatic carbocycles. The minimum atomic E-state index is -9.79. The van der Waals surface area contributed by atoms with Gasteiger partial charge in [0.2, 0.25) is 0 Å². The van der Waals surface area contributed by atoms with Crippen molar-refractivity contribution in [3.63, 3.8) is 0 Å². The Hall–Kier alpha value is -2.69. The summed E-state index contributed by atoms with van der Waals surface area (Å²) in [6.07, 6.45) is 3.41. The maximum absolute atomic E-state index is 13.2. The Balaban J connectivity index is 1.73. The van der Waals surface area contributed by atoms with E-state index >= 15 is 0 Å². The summed E-state index contributed by atoms with van der Waals surface area (Å²) in [4.78, 5) is 19.2. The lowest BCUT2D eigenvalue weighted by molar-refractivity contribution is 0.212. The number of aryl methyl sites for hydroxylation is 1. The van der Waals surface area contributed by atoms with E-state index < -0.39 is 21.2 Å². The van der Waals surface area contributed by atoms with Crippen LogP contribution in [0.5, 0.6) is 0 Å². The number of nitrogens with zero attached hydrogens (tertiary/aromatic N) is 3. The molecule has 2 heterocycles. The van der Waals surface area contributed by atoms with Crippen molar-refractivity contribution in [2.24, 2.45) is 5.92 Å². The molecular weight excluding hydrogens is 451 g/mol. The van der Waals surface area contributed by atoms with Gasteiger partial charge in [-0.1, -0.05) is 38.5 Å². The third kappa shape index (κ3) is 4.43. The van der Waals surface area contributed by atoms with E-state index in [0.29, 0.717) is 40.6 Å². The quantitative estimate of drug-likeness (QED) is 0.409. The highest BCUT2D eigenvalue weighted by Gasteiger charge is 2.65. The van der Waals surface area contributed by atoms with E-state index in [-0.39, 0.29) is 17.2 Å². The van der Waals surface area contributed by atoms with Gasteiger partial charge in [0.05, 0.1) is 16.9 Å². The highest BCUT2D eigenvalue weighted by atomic mass is 32.5. The fourth-order valence-electron chi connectivity index (χ4n) is 4.03. The Morgan fingerprint density at radius 3 is 2.44 bits per heavy atom. The zero-order valence-electron chi connectivity index (χ0n) is 17.7. The van der Waals surface area contributed by atoms with Crippen LogP contribution in [0.3, 0.4) is 0 Å². The maximum atomic E-state index is 13.2. The van der Waals surface area contributed by atoms with Crippen LogP contribution in [0.25, 0.3) is 10.9 Å². The predicted octanol–water partition coefficient (Wildman–Crippen LogP) is 6.90. The maximum Gasteiger partial charge on any atom is 0.310 e. The van der Waals surface area contributed by atoms with Crippen molar-refractivity contribution in [3.8, 4) is 0 Å². The van der Waals surface area contributed by atoms with Gasteiger partial charge in [0, 0.05) is 18.3 Å². The molecule has 3 aromatic rings. The van der Waals surface area contributed by atoms with Crippen molar-refractivity contribution in [2.75, 3.05) is 5.32 Å². The van der Waals surface area contributed by atoms with Gasteiger partial charge in [-0.15, -0.1) is 0 Å². The van der Waals surface area contributed by atoms with Crippen LogP contribution >= 0.6 is 10.2 Å². The third-order valence-electron chi connectivity index (χ3n) is 5.77. The van der Waals surface area contributed by atoms with Crippen molar-refractivity contribution in [1.29, 1.82) is 0 Å². The lowest BCUT2D eigenvalue weighted by Crippen LogP contribution is -2.32. The van der Waals surface area contributed by atoms with E-state index in [2.05, 4.69) is 22.2 Å². The summed E-state index contributed by atoms with van der Waals surface area (Å²) < 4.78 is 67.8. The molecule has 0 saturated heterocycles. The summed E-state index contributed by atoms with van der Waals surface area (Å²) in [7, 11) is -9.79. The standard InChI is InChI=1S/C21H23F5N4OS/c1-12-7-16(8-12)30-11-18-19(10-20(30)31)28-14(3)29-21(18)27-13(2)15-5-4-6-17(9-15)32(22,23,24,25)26/h4-6,9-13,16H,7-8H2,1-3H3,(H,27,28,29)/t12?,13-,16?/m1/s1. The first-order valence-electron chi connectivity index (χ1n) is 10.1. The molecule has 1 aliphatic rings. The monoisotopic (exact) mass is 474 g/mol. The van der Waals surface area contributed by atoms with Crippen LogP contribution in [-0.2, 0) is 0 Å². The second-order valence-corrected chi connectivity index (χ2v) is 11.0. The number of aromatic nitrogens is 3. The lowest BCUT2D eigenvalue weighted by Gasteiger charge is -2.40. The molecule has 1 atom stereocenters. The van der Waals surface area contributed by atoms with E-state index in [0.717, 1.165) is 18.9 Å². The fraction of sp³-hybridized carbons (Fsp3) is 0.381. The van der Waals surface area contributed by atoms with Gasteiger partial charge < -0.3 is 9.88 Å². The Morgan fingerprint density at radius 2 is 1.81 bits per heavy atom. The first kappa shape index (κ1) is 22.5. The molecule has 1 saturated carbocycles. The van der Waals surface area contributed by atoms with E-state index in [4.69, 9.17) is 0 Å². The first-order valence-corrected chi connectivity index (χ1v) is 12.1. The lowest BCUT2D eigenvalue weighted by atomic mass is 9.81. The number of fused-ring (bicyclic) bond motifs is 1. The van der Waals surface area contributed by atoms with E-state index in [1.54, 1.807) is 24.6 Å². The van der Waals surface area contributed by atoms with Crippen LogP contribution in [0.15, 0.2) is 46.2 Å². The Labute approximate surface area is 181 Å². The Kier molecular flexibility index (Phi) is 4.68. The molecule has 0 aliphatic heterocycles. The zero-order valence-corrected chi connectivity index (χ0v) is 18.5. The summed E-state index contributed by atoms with van der Waals surface area (Å²) in [6.45, 7) is 5.28. The molecule has 11 heteroatoms. The highest BCUT2D eigenvalue weighted by Crippen LogP contribution is 3.02. The largest absolute Gasteiger partial charge is 0.363 e. The predicted molar refractivity (Wildman–Crippen MR) is 116 cm³/mol. The first-order chi connectivity index (χ1) is 14.6. The molecule has 0 spiro atoms. The van der Waals surface area contributed by atoms with Gasteiger partial charge in [-0.05, 0) is 50.3 Å². The minimum Gasteiger partial charge on any atom is -0.363 e. The summed E-state index contributed by atoms with van der Waals surface area (Å²) in [5, 5.41) is 3.54. The number of rotatable bonds is 5. The summed E-state index contributed by atoms with van der Waals surface area (Å²) >= 11 is 0. The van der Waals surface area contributed by atoms with Gasteiger partial charge in [0.1, 0.15) is 16.5 Å². The van der Waals surface area contributed by atoms with Crippen molar-refractivity contribution < 1.29 is 19.4 Å². The average molecular weight is 474 g/mol. The molecule has 5 nitrogen and oxygen atoms in total. The molecule has 0 bridgehead atoms. The molecule has 1 N–H and O–H groups in total. The van der Waals surface area contributed by atoms with Crippen LogP contribution < -0.4 is 10.9 Å². The molecule has 2 aromatic heterocycles. The zero-order chi connectivity index (χ0) is 23.5. The van der Waals surface area contributed by atoms with Gasteiger partial charge in [-0.2, -0.15) is 0 Å². The van der Waals surface area contributed by atoms with Gasteiger partial charge in [-0.3, -0.25) is 4.79 Å². The molecule has 32 heavy (non-hydrogen) atoms. The molecule has 0 unspecified atom stereocenters. The SMILES string of the molecule is Cc1nc(N[C@H](C)c2cccc(S(F)(F)(F)(F)F)c2)c2cn(C3CC(C)C3)c(=O)cc2n1. The van der Waals surface area contributed by atoms with Crippen LogP contribution in [-0.4, -0.2) is 14.5 Å². The average Bonchev–Trinajstić information content (AvgIpc) is 2.63. The van der Waals surface area contributed by atoms with Crippen LogP contribution in [0.4, 0.5) is 25.2 Å². The van der Waals surface area contributed by atoms with E-state index in [9.17, 15) is 24.2 Å². The number of pyridine rings is 1. The normalized spacial score (nSPS) is 22.0. The van der Waals surface area contributed by atoms with Gasteiger partial charge in [-0.25, -0.2) is 9.97 Å². The van der Waals surface area contributed by atoms with Crippen molar-refractivity contribution in [1.82, 2.24) is 14.5 Å². The second kappa shape index (κ2) is 6.66. The van der Waals surface area contributed by atoms with Crippen molar-refractivity contribution in [2.45, 2.75) is 50.6 Å². The molecule has 4 rings (SSSR count). The third-order valence-corrected chi connectivity index (χ3v) is 6.91. The van der Waals surface area contributed by atoms with Crippen molar-refractivity contribution >= 4 is 26.9 Å². The van der Waals surface area contributed by atoms with Crippen LogP contribution in [0.2, 0.25) is 0 Å². The van der Waals surface area contributed by atoms with E-state index in [1.165, 1.54) is 12.1 Å². The Bertz CT molecular complexity index is 1270. The molecule has 0 amide bonds. The summed E-state index contributed by atoms with van der Waals surface area (Å²) in [5.41, 5.74) is 0.248. The van der Waals surface area contributed by atoms with Crippen LogP contribution in [0.1, 0.15) is 50.2 Å². The summed E-state index contributed by atoms with van der Waals surface area (Å²) in [5.74, 6) is 1.21. The van der Waals surface area contributed by atoms with Gasteiger partial charge in [0.15, 0.2) is 0 Å². The molecular formula is C21H23F5N4OS.